The van der Waals surface area contributed by atoms with Crippen molar-refractivity contribution in [3.8, 4) is 0 Å². The summed E-state index contributed by atoms with van der Waals surface area (Å²) in [5.74, 6) is -1.65. The lowest BCUT2D eigenvalue weighted by atomic mass is 10.0. The van der Waals surface area contributed by atoms with Crippen LogP contribution in [0.1, 0.15) is 48.5 Å². The number of nitrogens with zero attached hydrogens (tertiary/aromatic N) is 1. The number of rotatable bonds is 12. The van der Waals surface area contributed by atoms with Crippen LogP contribution in [0.5, 0.6) is 0 Å². The molecule has 0 atom stereocenters. The first-order chi connectivity index (χ1) is 19.7. The number of aromatic carboxylic acids is 1. The predicted octanol–water partition coefficient (Wildman–Crippen LogP) is 5.98. The molecule has 11 nitrogen and oxygen atoms in total. The lowest BCUT2D eigenvalue weighted by Crippen LogP contribution is -2.16. The highest BCUT2D eigenvalue weighted by Crippen LogP contribution is 2.21. The average Bonchev–Trinajstić information content (AvgIpc) is 2.95. The Morgan fingerprint density at radius 2 is 1.49 bits per heavy atom. The minimum Gasteiger partial charge on any atom is -0.478 e. The Morgan fingerprint density at radius 3 is 2.10 bits per heavy atom. The lowest BCUT2D eigenvalue weighted by molar-refractivity contribution is -0.385. The summed E-state index contributed by atoms with van der Waals surface area (Å²) in [6.45, 7) is 1.64. The number of nitro groups is 1. The molecule has 0 spiro atoms. The molecule has 0 bridgehead atoms. The van der Waals surface area contributed by atoms with Gasteiger partial charge in [0.05, 0.1) is 28.3 Å². The monoisotopic (exact) mass is 557 g/mol. The van der Waals surface area contributed by atoms with E-state index in [-0.39, 0.29) is 30.0 Å². The molecule has 0 aliphatic carbocycles. The zero-order chi connectivity index (χ0) is 29.4. The lowest BCUT2D eigenvalue weighted by Gasteiger charge is -2.11. The van der Waals surface area contributed by atoms with Gasteiger partial charge in [-0.05, 0) is 78.1 Å². The Labute approximate surface area is 235 Å². The summed E-state index contributed by atoms with van der Waals surface area (Å²) >= 11 is 0. The third kappa shape index (κ3) is 7.73. The summed E-state index contributed by atoms with van der Waals surface area (Å²) in [5, 5.41) is 31.9. The molecule has 210 valence electrons. The van der Waals surface area contributed by atoms with Crippen LogP contribution in [-0.4, -0.2) is 27.2 Å². The van der Waals surface area contributed by atoms with Gasteiger partial charge in [0, 0.05) is 17.8 Å². The molecule has 4 aromatic rings. The Balaban J connectivity index is 1.31. The predicted molar refractivity (Wildman–Crippen MR) is 151 cm³/mol. The maximum Gasteiger partial charge on any atom is 0.336 e. The molecule has 1 amide bonds. The van der Waals surface area contributed by atoms with Crippen LogP contribution in [0.25, 0.3) is 0 Å². The second-order valence-corrected chi connectivity index (χ2v) is 9.25. The van der Waals surface area contributed by atoms with E-state index in [1.165, 1.54) is 24.3 Å². The molecule has 4 N–H and O–H groups in total. The number of carboxylic acids is 1. The average molecular weight is 558 g/mol. The number of hydrogen-bond acceptors (Lipinski definition) is 8. The van der Waals surface area contributed by atoms with Crippen LogP contribution in [0.4, 0.5) is 17.1 Å². The number of hydrogen-bond donors (Lipinski definition) is 4. The van der Waals surface area contributed by atoms with Gasteiger partial charge < -0.3 is 10.4 Å². The van der Waals surface area contributed by atoms with E-state index in [1.54, 1.807) is 31.2 Å². The first-order valence-electron chi connectivity index (χ1n) is 12.5. The molecule has 4 aromatic carbocycles. The van der Waals surface area contributed by atoms with Crippen LogP contribution < -0.4 is 10.8 Å². The zero-order valence-corrected chi connectivity index (χ0v) is 22.0. The SMILES string of the molecule is Cc1ccc(C(=O)Nc2ccc(Cc3ccc(NOCc4ccc([N+](=O)[O-])cc4COO)cc3)cc2)c(C(=O)O)c1. The van der Waals surface area contributed by atoms with E-state index in [1.807, 2.05) is 36.4 Å². The van der Waals surface area contributed by atoms with Gasteiger partial charge in [-0.25, -0.2) is 9.68 Å². The van der Waals surface area contributed by atoms with Crippen molar-refractivity contribution in [2.24, 2.45) is 0 Å². The fourth-order valence-corrected chi connectivity index (χ4v) is 4.13. The van der Waals surface area contributed by atoms with Gasteiger partial charge in [-0.15, -0.1) is 0 Å². The van der Waals surface area contributed by atoms with E-state index >= 15 is 0 Å². The zero-order valence-electron chi connectivity index (χ0n) is 22.0. The van der Waals surface area contributed by atoms with Gasteiger partial charge in [-0.3, -0.25) is 30.5 Å². The van der Waals surface area contributed by atoms with Crippen LogP contribution >= 0.6 is 0 Å². The van der Waals surface area contributed by atoms with Crippen LogP contribution in [0.3, 0.4) is 0 Å². The smallest absolute Gasteiger partial charge is 0.336 e. The van der Waals surface area contributed by atoms with Crippen LogP contribution in [0, 0.1) is 17.0 Å². The van der Waals surface area contributed by atoms with Crippen molar-refractivity contribution >= 4 is 28.9 Å². The van der Waals surface area contributed by atoms with Crippen molar-refractivity contribution in [3.05, 3.63) is 134 Å². The summed E-state index contributed by atoms with van der Waals surface area (Å²) in [4.78, 5) is 44.3. The maximum atomic E-state index is 12.7. The van der Waals surface area contributed by atoms with Gasteiger partial charge in [0.25, 0.3) is 11.6 Å². The number of amides is 1. The van der Waals surface area contributed by atoms with Crippen molar-refractivity contribution in [3.63, 3.8) is 0 Å². The second-order valence-electron chi connectivity index (χ2n) is 9.25. The molecule has 11 heteroatoms. The summed E-state index contributed by atoms with van der Waals surface area (Å²) in [6, 6.07) is 23.8. The fraction of sp³-hybridized carbons (Fsp3) is 0.133. The van der Waals surface area contributed by atoms with E-state index in [4.69, 9.17) is 10.1 Å². The van der Waals surface area contributed by atoms with Gasteiger partial charge in [-0.1, -0.05) is 35.9 Å². The molecule has 0 aromatic heterocycles. The van der Waals surface area contributed by atoms with Crippen LogP contribution in [-0.2, 0) is 29.4 Å². The molecule has 0 radical (unpaired) electrons. The highest BCUT2D eigenvalue weighted by molar-refractivity contribution is 6.10. The molecular formula is C30H27N3O8. The molecule has 4 rings (SSSR count). The highest BCUT2D eigenvalue weighted by Gasteiger charge is 2.17. The normalized spacial score (nSPS) is 10.7. The van der Waals surface area contributed by atoms with Crippen LogP contribution in [0.15, 0.2) is 84.9 Å². The number of benzene rings is 4. The quantitative estimate of drug-likeness (QED) is 0.0933. The maximum absolute atomic E-state index is 12.7. The number of anilines is 2. The largest absolute Gasteiger partial charge is 0.478 e. The highest BCUT2D eigenvalue weighted by atomic mass is 17.1. The second kappa shape index (κ2) is 13.3. The molecule has 0 aliphatic heterocycles. The number of carbonyl (C=O) groups excluding carboxylic acids is 1. The number of nitro benzene ring substituents is 1. The first kappa shape index (κ1) is 28.9. The van der Waals surface area contributed by atoms with Crippen molar-refractivity contribution < 1.29 is 34.6 Å². The van der Waals surface area contributed by atoms with Gasteiger partial charge in [0.2, 0.25) is 0 Å². The molecule has 0 unspecified atom stereocenters. The summed E-state index contributed by atoms with van der Waals surface area (Å²) in [6.07, 6.45) is 0.643. The fourth-order valence-electron chi connectivity index (χ4n) is 4.13. The number of non-ortho nitro benzene ring substituents is 1. The minimum absolute atomic E-state index is 0.0464. The third-order valence-electron chi connectivity index (χ3n) is 6.26. The molecule has 0 heterocycles. The van der Waals surface area contributed by atoms with Gasteiger partial charge in [-0.2, -0.15) is 0 Å². The van der Waals surface area contributed by atoms with Gasteiger partial charge in [0.15, 0.2) is 0 Å². The van der Waals surface area contributed by atoms with Crippen molar-refractivity contribution in [2.75, 3.05) is 10.8 Å². The standard InChI is InChI=1S/C30H27N3O8/c1-19-2-13-27(28(14-19)30(35)36)29(34)31-24-8-3-20(4-9-24)15-21-5-10-25(11-6-21)32-40-17-22-7-12-26(33(37)38)16-23(22)18-41-39/h2-14,16,32,39H,15,17-18H2,1H3,(H,31,34)(H,35,36). The van der Waals surface area contributed by atoms with Crippen molar-refractivity contribution in [2.45, 2.75) is 26.6 Å². The van der Waals surface area contributed by atoms with E-state index < -0.39 is 16.8 Å². The van der Waals surface area contributed by atoms with E-state index in [9.17, 15) is 24.8 Å². The number of carbonyl (C=O) groups is 2. The summed E-state index contributed by atoms with van der Waals surface area (Å²) in [5.41, 5.74) is 7.88. The minimum atomic E-state index is -1.16. The third-order valence-corrected chi connectivity index (χ3v) is 6.26. The number of aryl methyl sites for hydroxylation is 1. The van der Waals surface area contributed by atoms with Crippen molar-refractivity contribution in [1.82, 2.24) is 0 Å². The first-order valence-corrected chi connectivity index (χ1v) is 12.5. The summed E-state index contributed by atoms with van der Waals surface area (Å²) < 4.78 is 0. The Hall–Kier alpha value is -5.10. The summed E-state index contributed by atoms with van der Waals surface area (Å²) in [7, 11) is 0. The Morgan fingerprint density at radius 1 is 0.829 bits per heavy atom. The van der Waals surface area contributed by atoms with E-state index in [2.05, 4.69) is 15.7 Å². The molecular weight excluding hydrogens is 530 g/mol. The van der Waals surface area contributed by atoms with Crippen LogP contribution in [0.2, 0.25) is 0 Å². The van der Waals surface area contributed by atoms with Gasteiger partial charge in [0.1, 0.15) is 6.61 Å². The molecule has 0 aliphatic rings. The molecule has 0 saturated heterocycles. The number of carboxylic acid groups (broad SMARTS) is 1. The Kier molecular flexibility index (Phi) is 9.38. The van der Waals surface area contributed by atoms with Gasteiger partial charge >= 0.3 is 5.97 Å². The number of nitrogens with one attached hydrogen (secondary N) is 2. The topological polar surface area (TPSA) is 160 Å². The molecule has 0 saturated carbocycles. The Bertz CT molecular complexity index is 1550. The van der Waals surface area contributed by atoms with E-state index in [0.717, 1.165) is 16.7 Å². The van der Waals surface area contributed by atoms with E-state index in [0.29, 0.717) is 28.9 Å². The molecule has 0 fully saturated rings. The molecule has 41 heavy (non-hydrogen) atoms. The van der Waals surface area contributed by atoms with Crippen molar-refractivity contribution in [1.29, 1.82) is 0 Å².